The number of Topliss-reactive ketones (excluding diaryl/α,β-unsaturated/α-hetero) is 1. The molecule has 0 bridgehead atoms. The topological polar surface area (TPSA) is 69.4 Å². The highest BCUT2D eigenvalue weighted by Gasteiger charge is 2.17. The lowest BCUT2D eigenvalue weighted by Crippen LogP contribution is -2.23. The molecule has 0 fully saturated rings. The number of hydrogen-bond acceptors (Lipinski definition) is 4. The first-order valence-corrected chi connectivity index (χ1v) is 5.09. The van der Waals surface area contributed by atoms with E-state index in [2.05, 4.69) is 0 Å². The van der Waals surface area contributed by atoms with Crippen molar-refractivity contribution in [2.75, 3.05) is 0 Å². The molecule has 0 aromatic heterocycles. The average molecular weight is 241 g/mol. The van der Waals surface area contributed by atoms with Crippen LogP contribution >= 0.6 is 0 Å². The number of ketones is 1. The van der Waals surface area contributed by atoms with Crippen molar-refractivity contribution < 1.29 is 18.8 Å². The van der Waals surface area contributed by atoms with Crippen LogP contribution in [0.2, 0.25) is 0 Å². The van der Waals surface area contributed by atoms with Crippen molar-refractivity contribution in [1.82, 2.24) is 0 Å². The number of nitro groups is 1. The molecule has 0 radical (unpaired) electrons. The third-order valence-corrected chi connectivity index (χ3v) is 2.23. The third kappa shape index (κ3) is 3.24. The van der Waals surface area contributed by atoms with Gasteiger partial charge in [-0.2, -0.15) is 0 Å². The van der Waals surface area contributed by atoms with Gasteiger partial charge in [0, 0.05) is 12.5 Å². The Kier molecular flexibility index (Phi) is 4.14. The number of benzene rings is 1. The molecule has 0 saturated carbocycles. The number of rotatable bonds is 5. The van der Waals surface area contributed by atoms with Crippen LogP contribution in [0.1, 0.15) is 20.3 Å². The number of ether oxygens (including phenoxy) is 1. The molecular formula is C11H12FNO4. The lowest BCUT2D eigenvalue weighted by Gasteiger charge is -2.12. The SMILES string of the molecule is CCC(=O)C(C)Oc1ccc([N+](=O)[O-])cc1F. The Balaban J connectivity index is 2.86. The van der Waals surface area contributed by atoms with Gasteiger partial charge in [0.25, 0.3) is 5.69 Å². The van der Waals surface area contributed by atoms with Crippen molar-refractivity contribution in [2.45, 2.75) is 26.4 Å². The van der Waals surface area contributed by atoms with Crippen molar-refractivity contribution in [2.24, 2.45) is 0 Å². The van der Waals surface area contributed by atoms with Gasteiger partial charge in [0.2, 0.25) is 0 Å². The normalized spacial score (nSPS) is 11.9. The Morgan fingerprint density at radius 3 is 2.71 bits per heavy atom. The lowest BCUT2D eigenvalue weighted by molar-refractivity contribution is -0.385. The van der Waals surface area contributed by atoms with Crippen molar-refractivity contribution in [3.63, 3.8) is 0 Å². The Bertz CT molecular complexity index is 447. The molecule has 0 heterocycles. The fourth-order valence-electron chi connectivity index (χ4n) is 1.24. The van der Waals surface area contributed by atoms with Gasteiger partial charge < -0.3 is 4.74 Å². The van der Waals surface area contributed by atoms with Gasteiger partial charge in [-0.3, -0.25) is 14.9 Å². The molecule has 6 heteroatoms. The van der Waals surface area contributed by atoms with Crippen molar-refractivity contribution >= 4 is 11.5 Å². The first-order valence-electron chi connectivity index (χ1n) is 5.09. The summed E-state index contributed by atoms with van der Waals surface area (Å²) in [5.41, 5.74) is -0.357. The van der Waals surface area contributed by atoms with E-state index in [9.17, 15) is 19.3 Å². The third-order valence-electron chi connectivity index (χ3n) is 2.23. The van der Waals surface area contributed by atoms with Crippen LogP contribution in [0, 0.1) is 15.9 Å². The summed E-state index contributed by atoms with van der Waals surface area (Å²) in [4.78, 5) is 20.9. The van der Waals surface area contributed by atoms with Crippen molar-refractivity contribution in [1.29, 1.82) is 0 Å². The molecule has 17 heavy (non-hydrogen) atoms. The van der Waals surface area contributed by atoms with E-state index >= 15 is 0 Å². The summed E-state index contributed by atoms with van der Waals surface area (Å²) >= 11 is 0. The number of nitrogens with zero attached hydrogens (tertiary/aromatic N) is 1. The van der Waals surface area contributed by atoms with E-state index in [0.717, 1.165) is 18.2 Å². The second-order valence-corrected chi connectivity index (χ2v) is 3.45. The van der Waals surface area contributed by atoms with Gasteiger partial charge in [-0.05, 0) is 13.0 Å². The standard InChI is InChI=1S/C11H12FNO4/c1-3-10(14)7(2)17-11-5-4-8(13(15)16)6-9(11)12/h4-7H,3H2,1-2H3. The molecule has 0 N–H and O–H groups in total. The highest BCUT2D eigenvalue weighted by Crippen LogP contribution is 2.23. The molecule has 0 aliphatic heterocycles. The zero-order chi connectivity index (χ0) is 13.0. The Morgan fingerprint density at radius 1 is 1.59 bits per heavy atom. The van der Waals surface area contributed by atoms with Gasteiger partial charge in [0.1, 0.15) is 0 Å². The van der Waals surface area contributed by atoms with Crippen LogP contribution in [0.5, 0.6) is 5.75 Å². The van der Waals surface area contributed by atoms with E-state index in [1.54, 1.807) is 6.92 Å². The summed E-state index contributed by atoms with van der Waals surface area (Å²) in [6.07, 6.45) is -0.480. The molecule has 92 valence electrons. The molecule has 0 aliphatic carbocycles. The minimum absolute atomic E-state index is 0.162. The van der Waals surface area contributed by atoms with Crippen LogP contribution in [0.25, 0.3) is 0 Å². The molecule has 1 unspecified atom stereocenters. The maximum atomic E-state index is 13.4. The van der Waals surface area contributed by atoms with Gasteiger partial charge >= 0.3 is 0 Å². The first-order chi connectivity index (χ1) is 7.95. The number of non-ortho nitro benzene ring substituents is 1. The van der Waals surface area contributed by atoms with Crippen LogP contribution in [0.4, 0.5) is 10.1 Å². The summed E-state index contributed by atoms with van der Waals surface area (Å²) in [7, 11) is 0. The van der Waals surface area contributed by atoms with Crippen LogP contribution in [0.3, 0.4) is 0 Å². The second-order valence-electron chi connectivity index (χ2n) is 3.45. The Morgan fingerprint density at radius 2 is 2.24 bits per heavy atom. The summed E-state index contributed by atoms with van der Waals surface area (Å²) < 4.78 is 18.5. The van der Waals surface area contributed by atoms with Gasteiger partial charge in [0.05, 0.1) is 11.0 Å². The Labute approximate surface area is 97.3 Å². The van der Waals surface area contributed by atoms with Crippen LogP contribution in [0.15, 0.2) is 18.2 Å². The molecule has 0 saturated heterocycles. The molecule has 0 amide bonds. The van der Waals surface area contributed by atoms with Gasteiger partial charge in [0.15, 0.2) is 23.5 Å². The largest absolute Gasteiger partial charge is 0.480 e. The fraction of sp³-hybridized carbons (Fsp3) is 0.364. The predicted octanol–water partition coefficient (Wildman–Crippen LogP) is 2.48. The van der Waals surface area contributed by atoms with Crippen LogP contribution in [-0.2, 0) is 4.79 Å². The molecule has 0 aliphatic rings. The number of hydrogen-bond donors (Lipinski definition) is 0. The number of nitro benzene ring substituents is 1. The molecule has 1 aromatic carbocycles. The second kappa shape index (κ2) is 5.38. The van der Waals surface area contributed by atoms with E-state index in [4.69, 9.17) is 4.74 Å². The average Bonchev–Trinajstić information content (AvgIpc) is 2.30. The zero-order valence-electron chi connectivity index (χ0n) is 9.47. The van der Waals surface area contributed by atoms with E-state index in [0.29, 0.717) is 0 Å². The molecule has 5 nitrogen and oxygen atoms in total. The van der Waals surface area contributed by atoms with E-state index < -0.39 is 16.8 Å². The summed E-state index contributed by atoms with van der Waals surface area (Å²) in [6, 6.07) is 3.03. The van der Waals surface area contributed by atoms with Crippen LogP contribution < -0.4 is 4.74 Å². The highest BCUT2D eigenvalue weighted by molar-refractivity contribution is 5.82. The first kappa shape index (κ1) is 13.1. The van der Waals surface area contributed by atoms with Gasteiger partial charge in [-0.1, -0.05) is 6.92 Å². The number of carbonyl (C=O) groups is 1. The van der Waals surface area contributed by atoms with Gasteiger partial charge in [-0.15, -0.1) is 0 Å². The van der Waals surface area contributed by atoms with E-state index in [1.807, 2.05) is 0 Å². The Hall–Kier alpha value is -1.98. The molecule has 1 atom stereocenters. The summed E-state index contributed by atoms with van der Waals surface area (Å²) in [5.74, 6) is -1.18. The molecule has 1 rings (SSSR count). The predicted molar refractivity (Wildman–Crippen MR) is 58.4 cm³/mol. The number of carbonyl (C=O) groups excluding carboxylic acids is 1. The highest BCUT2D eigenvalue weighted by atomic mass is 19.1. The zero-order valence-corrected chi connectivity index (χ0v) is 9.47. The van der Waals surface area contributed by atoms with Crippen LogP contribution in [-0.4, -0.2) is 16.8 Å². The smallest absolute Gasteiger partial charge is 0.272 e. The fourth-order valence-corrected chi connectivity index (χ4v) is 1.24. The molecule has 0 spiro atoms. The monoisotopic (exact) mass is 241 g/mol. The quantitative estimate of drug-likeness (QED) is 0.586. The molecule has 1 aromatic rings. The van der Waals surface area contributed by atoms with Crippen molar-refractivity contribution in [3.8, 4) is 5.75 Å². The maximum absolute atomic E-state index is 13.4. The summed E-state index contributed by atoms with van der Waals surface area (Å²) in [6.45, 7) is 3.18. The minimum atomic E-state index is -0.852. The number of halogens is 1. The van der Waals surface area contributed by atoms with Gasteiger partial charge in [-0.25, -0.2) is 4.39 Å². The van der Waals surface area contributed by atoms with E-state index in [1.165, 1.54) is 6.92 Å². The molecular weight excluding hydrogens is 229 g/mol. The minimum Gasteiger partial charge on any atom is -0.480 e. The maximum Gasteiger partial charge on any atom is 0.272 e. The lowest BCUT2D eigenvalue weighted by atomic mass is 10.2. The summed E-state index contributed by atoms with van der Waals surface area (Å²) in [5, 5.41) is 10.4. The van der Waals surface area contributed by atoms with Crippen molar-refractivity contribution in [3.05, 3.63) is 34.1 Å². The van der Waals surface area contributed by atoms with E-state index in [-0.39, 0.29) is 23.6 Å².